The molecule has 0 saturated carbocycles. The molecule has 0 bridgehead atoms. The highest BCUT2D eigenvalue weighted by atomic mass is 19.1. The Balaban J connectivity index is 2.27. The SMILES string of the molecule is COC(Cc1c(OC(=O)NCC(C)C)ccc(N2CCOCC2)c1F)OC. The van der Waals surface area contributed by atoms with E-state index in [1.165, 1.54) is 14.2 Å². The molecule has 8 heteroatoms. The molecule has 1 aliphatic heterocycles. The Hall–Kier alpha value is -1.90. The van der Waals surface area contributed by atoms with Gasteiger partial charge in [0, 0.05) is 45.8 Å². The molecule has 0 spiro atoms. The number of hydrogen-bond acceptors (Lipinski definition) is 6. The molecular formula is C19H29FN2O5. The average molecular weight is 384 g/mol. The Bertz CT molecular complexity index is 616. The minimum absolute atomic E-state index is 0.115. The van der Waals surface area contributed by atoms with E-state index in [1.807, 2.05) is 18.7 Å². The molecule has 0 unspecified atom stereocenters. The molecule has 1 heterocycles. The largest absolute Gasteiger partial charge is 0.412 e. The number of carbonyl (C=O) groups excluding carboxylic acids is 1. The maximum absolute atomic E-state index is 15.3. The summed E-state index contributed by atoms with van der Waals surface area (Å²) in [6, 6.07) is 3.24. The first-order valence-corrected chi connectivity index (χ1v) is 9.11. The molecular weight excluding hydrogens is 355 g/mol. The number of hydrogen-bond donors (Lipinski definition) is 1. The number of halogens is 1. The molecule has 0 radical (unpaired) electrons. The van der Waals surface area contributed by atoms with Gasteiger partial charge in [0.1, 0.15) is 5.75 Å². The van der Waals surface area contributed by atoms with Crippen molar-refractivity contribution >= 4 is 11.8 Å². The first-order valence-electron chi connectivity index (χ1n) is 9.11. The highest BCUT2D eigenvalue weighted by Gasteiger charge is 2.24. The van der Waals surface area contributed by atoms with Gasteiger partial charge in [0.2, 0.25) is 0 Å². The van der Waals surface area contributed by atoms with Crippen LogP contribution in [0.4, 0.5) is 14.9 Å². The quantitative estimate of drug-likeness (QED) is 0.695. The van der Waals surface area contributed by atoms with E-state index in [9.17, 15) is 4.79 Å². The zero-order valence-electron chi connectivity index (χ0n) is 16.4. The van der Waals surface area contributed by atoms with Crippen molar-refractivity contribution in [1.29, 1.82) is 0 Å². The Morgan fingerprint density at radius 3 is 2.52 bits per heavy atom. The van der Waals surface area contributed by atoms with Crippen LogP contribution in [-0.2, 0) is 20.6 Å². The van der Waals surface area contributed by atoms with E-state index in [0.29, 0.717) is 38.5 Å². The Morgan fingerprint density at radius 2 is 1.93 bits per heavy atom. The van der Waals surface area contributed by atoms with Gasteiger partial charge in [-0.2, -0.15) is 0 Å². The second-order valence-corrected chi connectivity index (χ2v) is 6.74. The summed E-state index contributed by atoms with van der Waals surface area (Å²) in [5.74, 6) is -0.00107. The minimum Gasteiger partial charge on any atom is -0.410 e. The lowest BCUT2D eigenvalue weighted by molar-refractivity contribution is -0.101. The second-order valence-electron chi connectivity index (χ2n) is 6.74. The normalized spacial score (nSPS) is 14.7. The number of benzene rings is 1. The van der Waals surface area contributed by atoms with Gasteiger partial charge in [0.25, 0.3) is 0 Å². The molecule has 1 fully saturated rings. The van der Waals surface area contributed by atoms with Crippen LogP contribution in [-0.4, -0.2) is 59.5 Å². The van der Waals surface area contributed by atoms with Gasteiger partial charge in [-0.3, -0.25) is 0 Å². The number of anilines is 1. The van der Waals surface area contributed by atoms with Crippen LogP contribution >= 0.6 is 0 Å². The number of carbonyl (C=O) groups is 1. The fourth-order valence-corrected chi connectivity index (χ4v) is 2.78. The molecule has 1 aromatic rings. The summed E-state index contributed by atoms with van der Waals surface area (Å²) in [4.78, 5) is 14.0. The van der Waals surface area contributed by atoms with Gasteiger partial charge in [0.15, 0.2) is 12.1 Å². The van der Waals surface area contributed by atoms with Crippen molar-refractivity contribution in [2.24, 2.45) is 5.92 Å². The van der Waals surface area contributed by atoms with Crippen molar-refractivity contribution in [3.05, 3.63) is 23.5 Å². The first kappa shape index (κ1) is 21.4. The van der Waals surface area contributed by atoms with Gasteiger partial charge in [-0.15, -0.1) is 0 Å². The average Bonchev–Trinajstić information content (AvgIpc) is 2.67. The predicted octanol–water partition coefficient (Wildman–Crippen LogP) is 2.57. The molecule has 2 rings (SSSR count). The Morgan fingerprint density at radius 1 is 1.26 bits per heavy atom. The third kappa shape index (κ3) is 6.05. The fraction of sp³-hybridized carbons (Fsp3) is 0.632. The minimum atomic E-state index is -0.652. The van der Waals surface area contributed by atoms with Gasteiger partial charge in [-0.05, 0) is 18.1 Å². The topological polar surface area (TPSA) is 69.3 Å². The summed E-state index contributed by atoms with van der Waals surface area (Å²) in [7, 11) is 2.96. The standard InChI is InChI=1S/C19H29FN2O5/c1-13(2)12-21-19(23)27-16-6-5-15(22-7-9-26-10-8-22)18(20)14(16)11-17(24-3)25-4/h5-6,13,17H,7-12H2,1-4H3,(H,21,23). The summed E-state index contributed by atoms with van der Waals surface area (Å²) in [5.41, 5.74) is 0.696. The Labute approximate surface area is 159 Å². The van der Waals surface area contributed by atoms with Crippen LogP contribution in [0, 0.1) is 11.7 Å². The number of rotatable bonds is 8. The van der Waals surface area contributed by atoms with E-state index in [-0.39, 0.29) is 23.7 Å². The summed E-state index contributed by atoms with van der Waals surface area (Å²) in [6.45, 7) is 6.72. The van der Waals surface area contributed by atoms with Gasteiger partial charge in [0.05, 0.1) is 18.9 Å². The van der Waals surface area contributed by atoms with Crippen LogP contribution in [0.1, 0.15) is 19.4 Å². The lowest BCUT2D eigenvalue weighted by Gasteiger charge is -2.30. The summed E-state index contributed by atoms with van der Waals surface area (Å²) in [5, 5.41) is 2.66. The van der Waals surface area contributed by atoms with Crippen LogP contribution in [0.2, 0.25) is 0 Å². The molecule has 7 nitrogen and oxygen atoms in total. The highest BCUT2D eigenvalue weighted by molar-refractivity contribution is 5.71. The lowest BCUT2D eigenvalue weighted by Crippen LogP contribution is -2.37. The maximum atomic E-state index is 15.3. The number of ether oxygens (including phenoxy) is 4. The van der Waals surface area contributed by atoms with Crippen molar-refractivity contribution in [3.63, 3.8) is 0 Å². The summed E-state index contributed by atoms with van der Waals surface area (Å²) in [6.07, 6.45) is -1.15. The molecule has 1 N–H and O–H groups in total. The van der Waals surface area contributed by atoms with Gasteiger partial charge in [-0.1, -0.05) is 13.8 Å². The van der Waals surface area contributed by atoms with Crippen LogP contribution in [0.25, 0.3) is 0 Å². The lowest BCUT2D eigenvalue weighted by atomic mass is 10.1. The van der Waals surface area contributed by atoms with E-state index in [0.717, 1.165) is 0 Å². The van der Waals surface area contributed by atoms with Crippen molar-refractivity contribution < 1.29 is 28.1 Å². The van der Waals surface area contributed by atoms with Gasteiger partial charge < -0.3 is 29.2 Å². The van der Waals surface area contributed by atoms with Crippen molar-refractivity contribution in [2.75, 3.05) is 52.0 Å². The molecule has 27 heavy (non-hydrogen) atoms. The maximum Gasteiger partial charge on any atom is 0.412 e. The number of amides is 1. The monoisotopic (exact) mass is 384 g/mol. The molecule has 0 atom stereocenters. The first-order chi connectivity index (χ1) is 13.0. The van der Waals surface area contributed by atoms with E-state index in [2.05, 4.69) is 5.32 Å². The second kappa shape index (κ2) is 10.4. The third-order valence-electron chi connectivity index (χ3n) is 4.29. The van der Waals surface area contributed by atoms with E-state index in [4.69, 9.17) is 18.9 Å². The van der Waals surface area contributed by atoms with Gasteiger partial charge in [-0.25, -0.2) is 9.18 Å². The van der Waals surface area contributed by atoms with Crippen LogP contribution in [0.5, 0.6) is 5.75 Å². The van der Waals surface area contributed by atoms with E-state index < -0.39 is 18.2 Å². The number of methoxy groups -OCH3 is 2. The number of nitrogens with one attached hydrogen (secondary N) is 1. The summed E-state index contributed by atoms with van der Waals surface area (Å²) >= 11 is 0. The molecule has 152 valence electrons. The molecule has 1 amide bonds. The summed E-state index contributed by atoms with van der Waals surface area (Å²) < 4.78 is 36.4. The predicted molar refractivity (Wildman–Crippen MR) is 99.8 cm³/mol. The van der Waals surface area contributed by atoms with Crippen LogP contribution in [0.3, 0.4) is 0 Å². The number of morpholine rings is 1. The Kier molecular flexibility index (Phi) is 8.27. The molecule has 0 aromatic heterocycles. The highest BCUT2D eigenvalue weighted by Crippen LogP contribution is 2.32. The van der Waals surface area contributed by atoms with E-state index >= 15 is 4.39 Å². The molecule has 1 aromatic carbocycles. The molecule has 0 aliphatic carbocycles. The van der Waals surface area contributed by atoms with Crippen molar-refractivity contribution in [3.8, 4) is 5.75 Å². The third-order valence-corrected chi connectivity index (χ3v) is 4.29. The zero-order chi connectivity index (χ0) is 19.8. The molecule has 1 aliphatic rings. The smallest absolute Gasteiger partial charge is 0.410 e. The van der Waals surface area contributed by atoms with E-state index in [1.54, 1.807) is 12.1 Å². The van der Waals surface area contributed by atoms with Crippen molar-refractivity contribution in [2.45, 2.75) is 26.6 Å². The van der Waals surface area contributed by atoms with Crippen LogP contribution < -0.4 is 15.0 Å². The van der Waals surface area contributed by atoms with Crippen LogP contribution in [0.15, 0.2) is 12.1 Å². The van der Waals surface area contributed by atoms with Crippen molar-refractivity contribution in [1.82, 2.24) is 5.32 Å². The zero-order valence-corrected chi connectivity index (χ0v) is 16.4. The number of nitrogens with zero attached hydrogens (tertiary/aromatic N) is 1. The fourth-order valence-electron chi connectivity index (χ4n) is 2.78. The molecule has 1 saturated heterocycles. The van der Waals surface area contributed by atoms with Gasteiger partial charge >= 0.3 is 6.09 Å².